The molecule has 68 valence electrons. The molecule has 1 rings (SSSR count). The molecule has 1 aromatic rings. The molecule has 0 saturated heterocycles. The Morgan fingerprint density at radius 3 is 1.83 bits per heavy atom. The van der Waals surface area contributed by atoms with Crippen molar-refractivity contribution in [2.75, 3.05) is 0 Å². The largest absolute Gasteiger partial charge is 0.389 e. The van der Waals surface area contributed by atoms with Crippen molar-refractivity contribution in [2.45, 2.75) is 33.3 Å². The van der Waals surface area contributed by atoms with Crippen LogP contribution in [0.15, 0.2) is 30.3 Å². The molecular formula is C11H18O. The summed E-state index contributed by atoms with van der Waals surface area (Å²) in [7, 11) is 0. The summed E-state index contributed by atoms with van der Waals surface area (Å²) in [6, 6.07) is 9.59. The standard InChI is InChI=1S/C8H10O.C3H8/c1-7(9)8-5-3-2-4-6-8;1-3-2/h2-7,9H,1H3;3H2,1-2H3. The number of benzene rings is 1. The van der Waals surface area contributed by atoms with Crippen molar-refractivity contribution in [1.82, 2.24) is 0 Å². The fraction of sp³-hybridized carbons (Fsp3) is 0.455. The van der Waals surface area contributed by atoms with E-state index in [0.29, 0.717) is 0 Å². The molecule has 0 aliphatic heterocycles. The second-order valence-corrected chi connectivity index (χ2v) is 2.79. The Kier molecular flexibility index (Phi) is 6.39. The van der Waals surface area contributed by atoms with E-state index < -0.39 is 0 Å². The van der Waals surface area contributed by atoms with Gasteiger partial charge >= 0.3 is 0 Å². The van der Waals surface area contributed by atoms with E-state index >= 15 is 0 Å². The summed E-state index contributed by atoms with van der Waals surface area (Å²) in [5.74, 6) is 0. The molecule has 0 fully saturated rings. The lowest BCUT2D eigenvalue weighted by molar-refractivity contribution is 0.199. The first-order valence-electron chi connectivity index (χ1n) is 4.45. The molecule has 0 amide bonds. The van der Waals surface area contributed by atoms with Gasteiger partial charge in [-0.05, 0) is 12.5 Å². The molecule has 0 saturated carbocycles. The van der Waals surface area contributed by atoms with Gasteiger partial charge in [-0.25, -0.2) is 0 Å². The molecular weight excluding hydrogens is 148 g/mol. The van der Waals surface area contributed by atoms with Crippen LogP contribution in [0.2, 0.25) is 0 Å². The van der Waals surface area contributed by atoms with Gasteiger partial charge in [0.15, 0.2) is 0 Å². The van der Waals surface area contributed by atoms with Crippen molar-refractivity contribution in [1.29, 1.82) is 0 Å². The van der Waals surface area contributed by atoms with Crippen molar-refractivity contribution in [2.24, 2.45) is 0 Å². The number of hydrogen-bond acceptors (Lipinski definition) is 1. The zero-order valence-electron chi connectivity index (χ0n) is 8.12. The molecule has 1 N–H and O–H groups in total. The summed E-state index contributed by atoms with van der Waals surface area (Å²) in [6.07, 6.45) is 0.909. The van der Waals surface area contributed by atoms with E-state index in [9.17, 15) is 0 Å². The van der Waals surface area contributed by atoms with E-state index in [4.69, 9.17) is 5.11 Å². The van der Waals surface area contributed by atoms with Gasteiger partial charge in [0.25, 0.3) is 0 Å². The molecule has 0 radical (unpaired) electrons. The summed E-state index contributed by atoms with van der Waals surface area (Å²) in [6.45, 7) is 6.01. The van der Waals surface area contributed by atoms with Crippen molar-refractivity contribution < 1.29 is 5.11 Å². The quantitative estimate of drug-likeness (QED) is 0.679. The minimum absolute atomic E-state index is 0.341. The van der Waals surface area contributed by atoms with Crippen LogP contribution in [0.25, 0.3) is 0 Å². The fourth-order valence-corrected chi connectivity index (χ4v) is 0.732. The highest BCUT2D eigenvalue weighted by Crippen LogP contribution is 2.08. The Hall–Kier alpha value is -0.820. The molecule has 1 nitrogen and oxygen atoms in total. The summed E-state index contributed by atoms with van der Waals surface area (Å²) < 4.78 is 0. The van der Waals surface area contributed by atoms with Crippen LogP contribution in [0.5, 0.6) is 0 Å². The SMILES string of the molecule is CC(O)c1ccccc1.CCC. The van der Waals surface area contributed by atoms with E-state index in [2.05, 4.69) is 13.8 Å². The minimum atomic E-state index is -0.341. The zero-order valence-corrected chi connectivity index (χ0v) is 8.12. The van der Waals surface area contributed by atoms with Crippen molar-refractivity contribution in [3.05, 3.63) is 35.9 Å². The monoisotopic (exact) mass is 166 g/mol. The van der Waals surface area contributed by atoms with Crippen molar-refractivity contribution >= 4 is 0 Å². The van der Waals surface area contributed by atoms with E-state index in [0.717, 1.165) is 5.56 Å². The summed E-state index contributed by atoms with van der Waals surface area (Å²) in [5, 5.41) is 9.02. The summed E-state index contributed by atoms with van der Waals surface area (Å²) in [4.78, 5) is 0. The molecule has 0 bridgehead atoms. The maximum atomic E-state index is 9.02. The van der Waals surface area contributed by atoms with E-state index in [1.165, 1.54) is 6.42 Å². The highest BCUT2D eigenvalue weighted by molar-refractivity contribution is 5.16. The second-order valence-electron chi connectivity index (χ2n) is 2.79. The number of hydrogen-bond donors (Lipinski definition) is 1. The van der Waals surface area contributed by atoms with Gasteiger partial charge in [-0.15, -0.1) is 0 Å². The molecule has 0 aliphatic rings. The lowest BCUT2D eigenvalue weighted by Crippen LogP contribution is -1.87. The predicted octanol–water partition coefficient (Wildman–Crippen LogP) is 3.16. The lowest BCUT2D eigenvalue weighted by atomic mass is 10.1. The van der Waals surface area contributed by atoms with Crippen LogP contribution >= 0.6 is 0 Å². The maximum absolute atomic E-state index is 9.02. The average Bonchev–Trinajstić information content (AvgIpc) is 2.07. The third-order valence-electron chi connectivity index (χ3n) is 1.28. The van der Waals surface area contributed by atoms with Crippen LogP contribution in [0.3, 0.4) is 0 Å². The minimum Gasteiger partial charge on any atom is -0.389 e. The molecule has 0 heterocycles. The molecule has 1 heteroatoms. The van der Waals surface area contributed by atoms with E-state index in [1.54, 1.807) is 6.92 Å². The van der Waals surface area contributed by atoms with Gasteiger partial charge in [0.05, 0.1) is 6.10 Å². The molecule has 1 atom stereocenters. The van der Waals surface area contributed by atoms with Gasteiger partial charge in [0.1, 0.15) is 0 Å². The van der Waals surface area contributed by atoms with Crippen molar-refractivity contribution in [3.8, 4) is 0 Å². The van der Waals surface area contributed by atoms with Crippen LogP contribution < -0.4 is 0 Å². The van der Waals surface area contributed by atoms with Crippen LogP contribution in [0, 0.1) is 0 Å². The zero-order chi connectivity index (χ0) is 9.40. The fourth-order valence-electron chi connectivity index (χ4n) is 0.732. The van der Waals surface area contributed by atoms with E-state index in [-0.39, 0.29) is 6.10 Å². The van der Waals surface area contributed by atoms with Gasteiger partial charge in [-0.3, -0.25) is 0 Å². The normalized spacial score (nSPS) is 11.3. The molecule has 1 unspecified atom stereocenters. The lowest BCUT2D eigenvalue weighted by Gasteiger charge is -2.00. The highest BCUT2D eigenvalue weighted by Gasteiger charge is 1.95. The number of aliphatic hydroxyl groups excluding tert-OH is 1. The summed E-state index contributed by atoms with van der Waals surface area (Å²) in [5.41, 5.74) is 0.970. The molecule has 0 aromatic heterocycles. The van der Waals surface area contributed by atoms with Crippen molar-refractivity contribution in [3.63, 3.8) is 0 Å². The van der Waals surface area contributed by atoms with Crippen LogP contribution in [-0.4, -0.2) is 5.11 Å². The van der Waals surface area contributed by atoms with Crippen LogP contribution in [-0.2, 0) is 0 Å². The van der Waals surface area contributed by atoms with Crippen LogP contribution in [0.4, 0.5) is 0 Å². The van der Waals surface area contributed by atoms with Gasteiger partial charge in [0.2, 0.25) is 0 Å². The first-order valence-corrected chi connectivity index (χ1v) is 4.45. The Morgan fingerprint density at radius 1 is 1.17 bits per heavy atom. The first-order chi connectivity index (χ1) is 5.72. The molecule has 0 spiro atoms. The Labute approximate surface area is 75.1 Å². The maximum Gasteiger partial charge on any atom is 0.0761 e. The first kappa shape index (κ1) is 11.2. The second kappa shape index (κ2) is 6.86. The Bertz CT molecular complexity index is 179. The molecule has 1 aromatic carbocycles. The smallest absolute Gasteiger partial charge is 0.0761 e. The molecule has 0 aliphatic carbocycles. The number of rotatable bonds is 1. The highest BCUT2D eigenvalue weighted by atomic mass is 16.3. The third-order valence-corrected chi connectivity index (χ3v) is 1.28. The number of aliphatic hydroxyl groups is 1. The van der Waals surface area contributed by atoms with Crippen LogP contribution in [0.1, 0.15) is 38.9 Å². The van der Waals surface area contributed by atoms with Gasteiger partial charge in [-0.1, -0.05) is 50.6 Å². The van der Waals surface area contributed by atoms with Gasteiger partial charge in [0, 0.05) is 0 Å². The topological polar surface area (TPSA) is 20.2 Å². The Morgan fingerprint density at radius 2 is 1.58 bits per heavy atom. The molecule has 12 heavy (non-hydrogen) atoms. The van der Waals surface area contributed by atoms with Gasteiger partial charge < -0.3 is 5.11 Å². The average molecular weight is 166 g/mol. The predicted molar refractivity (Wildman–Crippen MR) is 53.0 cm³/mol. The summed E-state index contributed by atoms with van der Waals surface area (Å²) >= 11 is 0. The van der Waals surface area contributed by atoms with E-state index in [1.807, 2.05) is 30.3 Å². The third kappa shape index (κ3) is 4.91. The Balaban J connectivity index is 0.000000354. The van der Waals surface area contributed by atoms with Gasteiger partial charge in [-0.2, -0.15) is 0 Å².